The first-order chi connectivity index (χ1) is 13.7. The average Bonchev–Trinajstić information content (AvgIpc) is 3.21. The summed E-state index contributed by atoms with van der Waals surface area (Å²) >= 11 is 0. The molecule has 1 aromatic heterocycles. The minimum Gasteiger partial charge on any atom is -0.508 e. The number of furan rings is 1. The number of phenolic OH excluding ortho intramolecular Hbond substituents is 1. The summed E-state index contributed by atoms with van der Waals surface area (Å²) in [4.78, 5) is 16.5. The number of amides is 1. The number of ether oxygens (including phenoxy) is 1. The second-order valence-corrected chi connectivity index (χ2v) is 5.98. The van der Waals surface area contributed by atoms with Crippen molar-refractivity contribution in [1.82, 2.24) is 16.0 Å². The smallest absolute Gasteiger partial charge is 0.251 e. The van der Waals surface area contributed by atoms with Gasteiger partial charge in [0.1, 0.15) is 18.1 Å². The Morgan fingerprint density at radius 3 is 2.59 bits per heavy atom. The number of benzene rings is 1. The molecule has 8 nitrogen and oxygen atoms in total. The maximum absolute atomic E-state index is 12.0. The molecule has 0 atom stereocenters. The quantitative estimate of drug-likeness (QED) is 0.158. The van der Waals surface area contributed by atoms with Gasteiger partial charge in [0.2, 0.25) is 0 Å². The minimum absolute atomic E-state index is 0. The van der Waals surface area contributed by atoms with Crippen LogP contribution in [0.2, 0.25) is 0 Å². The van der Waals surface area contributed by atoms with Gasteiger partial charge >= 0.3 is 0 Å². The van der Waals surface area contributed by atoms with Crippen LogP contribution in [-0.4, -0.2) is 49.8 Å². The van der Waals surface area contributed by atoms with E-state index in [9.17, 15) is 9.90 Å². The SMILES string of the molecule is CCNC(=NCCCOCc1ccco1)NCCNC(=O)c1ccc(O)cc1.I. The summed E-state index contributed by atoms with van der Waals surface area (Å²) in [5.41, 5.74) is 0.507. The number of rotatable bonds is 11. The molecule has 0 aliphatic carbocycles. The zero-order valence-corrected chi connectivity index (χ0v) is 18.8. The highest BCUT2D eigenvalue weighted by Crippen LogP contribution is 2.09. The van der Waals surface area contributed by atoms with Gasteiger partial charge in [0.05, 0.1) is 6.26 Å². The molecule has 0 bridgehead atoms. The van der Waals surface area contributed by atoms with Crippen molar-refractivity contribution in [2.75, 3.05) is 32.8 Å². The molecule has 1 heterocycles. The van der Waals surface area contributed by atoms with Gasteiger partial charge in [-0.1, -0.05) is 0 Å². The van der Waals surface area contributed by atoms with Crippen molar-refractivity contribution in [3.8, 4) is 5.75 Å². The van der Waals surface area contributed by atoms with Crippen LogP contribution < -0.4 is 16.0 Å². The first-order valence-corrected chi connectivity index (χ1v) is 9.38. The minimum atomic E-state index is -0.183. The van der Waals surface area contributed by atoms with Crippen molar-refractivity contribution >= 4 is 35.8 Å². The number of aromatic hydroxyl groups is 1. The summed E-state index contributed by atoms with van der Waals surface area (Å²) < 4.78 is 10.7. The van der Waals surface area contributed by atoms with E-state index in [4.69, 9.17) is 9.15 Å². The molecule has 2 rings (SSSR count). The number of hydrogen-bond donors (Lipinski definition) is 4. The van der Waals surface area contributed by atoms with Crippen molar-refractivity contribution < 1.29 is 19.1 Å². The molecule has 160 valence electrons. The second kappa shape index (κ2) is 14.7. The van der Waals surface area contributed by atoms with Crippen LogP contribution >= 0.6 is 24.0 Å². The summed E-state index contributed by atoms with van der Waals surface area (Å²) in [5.74, 6) is 1.47. The number of phenols is 1. The molecule has 9 heteroatoms. The molecule has 0 aliphatic heterocycles. The third-order valence-electron chi connectivity index (χ3n) is 3.72. The molecule has 0 saturated heterocycles. The van der Waals surface area contributed by atoms with E-state index < -0.39 is 0 Å². The molecule has 0 saturated carbocycles. The van der Waals surface area contributed by atoms with E-state index in [1.807, 2.05) is 19.1 Å². The number of nitrogens with zero attached hydrogens (tertiary/aromatic N) is 1. The van der Waals surface area contributed by atoms with Crippen molar-refractivity contribution in [2.45, 2.75) is 20.0 Å². The zero-order chi connectivity index (χ0) is 20.0. The van der Waals surface area contributed by atoms with E-state index in [0.29, 0.717) is 44.4 Å². The Kier molecular flexibility index (Phi) is 12.5. The highest BCUT2D eigenvalue weighted by atomic mass is 127. The number of hydrogen-bond acceptors (Lipinski definition) is 5. The van der Waals surface area contributed by atoms with E-state index in [0.717, 1.165) is 18.7 Å². The molecule has 0 aliphatic rings. The number of aliphatic imine (C=N–C) groups is 1. The third-order valence-corrected chi connectivity index (χ3v) is 3.72. The lowest BCUT2D eigenvalue weighted by Gasteiger charge is -2.12. The molecule has 1 aromatic carbocycles. The highest BCUT2D eigenvalue weighted by Gasteiger charge is 2.04. The van der Waals surface area contributed by atoms with E-state index >= 15 is 0 Å². The monoisotopic (exact) mass is 516 g/mol. The van der Waals surface area contributed by atoms with Crippen molar-refractivity contribution in [3.05, 3.63) is 54.0 Å². The Morgan fingerprint density at radius 1 is 1.14 bits per heavy atom. The van der Waals surface area contributed by atoms with E-state index in [2.05, 4.69) is 20.9 Å². The lowest BCUT2D eigenvalue weighted by Crippen LogP contribution is -2.41. The predicted molar refractivity (Wildman–Crippen MR) is 123 cm³/mol. The standard InChI is InChI=1S/C20H28N4O4.HI/c1-2-21-20(23-10-4-13-27-15-18-5-3-14-28-18)24-12-11-22-19(26)16-6-8-17(25)9-7-16;/h3,5-9,14,25H,2,4,10-13,15H2,1H3,(H,22,26)(H2,21,23,24);1H. The predicted octanol–water partition coefficient (Wildman–Crippen LogP) is 2.50. The Hall–Kier alpha value is -2.27. The number of carbonyl (C=O) groups is 1. The van der Waals surface area contributed by atoms with Crippen LogP contribution in [0.15, 0.2) is 52.1 Å². The third kappa shape index (κ3) is 10.2. The number of carbonyl (C=O) groups excluding carboxylic acids is 1. The van der Waals surface area contributed by atoms with E-state index in [1.165, 1.54) is 12.1 Å². The van der Waals surface area contributed by atoms with Crippen LogP contribution in [0, 0.1) is 0 Å². The largest absolute Gasteiger partial charge is 0.508 e. The molecule has 0 fully saturated rings. The first-order valence-electron chi connectivity index (χ1n) is 9.38. The van der Waals surface area contributed by atoms with Gasteiger partial charge in [-0.2, -0.15) is 0 Å². The Bertz CT molecular complexity index is 721. The molecular formula is C20H29IN4O4. The summed E-state index contributed by atoms with van der Waals surface area (Å²) in [6.07, 6.45) is 2.43. The second-order valence-electron chi connectivity index (χ2n) is 5.98. The van der Waals surface area contributed by atoms with Gasteiger partial charge in [-0.15, -0.1) is 24.0 Å². The Labute approximate surface area is 188 Å². The Balaban J connectivity index is 0.00000420. The van der Waals surface area contributed by atoms with E-state index in [-0.39, 0.29) is 35.6 Å². The molecule has 0 radical (unpaired) electrons. The molecule has 29 heavy (non-hydrogen) atoms. The lowest BCUT2D eigenvalue weighted by molar-refractivity contribution is 0.0954. The fourth-order valence-electron chi connectivity index (χ4n) is 2.34. The lowest BCUT2D eigenvalue weighted by atomic mass is 10.2. The maximum Gasteiger partial charge on any atom is 0.251 e. The number of nitrogens with one attached hydrogen (secondary N) is 3. The van der Waals surface area contributed by atoms with Gasteiger partial charge < -0.3 is 30.2 Å². The van der Waals surface area contributed by atoms with E-state index in [1.54, 1.807) is 18.4 Å². The molecule has 1 amide bonds. The fourth-order valence-corrected chi connectivity index (χ4v) is 2.34. The average molecular weight is 516 g/mol. The van der Waals surface area contributed by atoms with Crippen LogP contribution in [0.1, 0.15) is 29.5 Å². The maximum atomic E-state index is 12.0. The number of guanidine groups is 1. The van der Waals surface area contributed by atoms with Gasteiger partial charge in [-0.05, 0) is 49.7 Å². The van der Waals surface area contributed by atoms with Crippen molar-refractivity contribution in [3.63, 3.8) is 0 Å². The fraction of sp³-hybridized carbons (Fsp3) is 0.400. The van der Waals surface area contributed by atoms with Gasteiger partial charge in [0.15, 0.2) is 5.96 Å². The van der Waals surface area contributed by atoms with Gasteiger partial charge in [-0.25, -0.2) is 0 Å². The van der Waals surface area contributed by atoms with Crippen LogP contribution in [0.4, 0.5) is 0 Å². The van der Waals surface area contributed by atoms with Gasteiger partial charge in [0, 0.05) is 38.3 Å². The Morgan fingerprint density at radius 2 is 1.90 bits per heavy atom. The van der Waals surface area contributed by atoms with Gasteiger partial charge in [0.25, 0.3) is 5.91 Å². The summed E-state index contributed by atoms with van der Waals surface area (Å²) in [7, 11) is 0. The van der Waals surface area contributed by atoms with Crippen LogP contribution in [0.3, 0.4) is 0 Å². The summed E-state index contributed by atoms with van der Waals surface area (Å²) in [6, 6.07) is 9.86. The van der Waals surface area contributed by atoms with Crippen molar-refractivity contribution in [2.24, 2.45) is 4.99 Å². The molecular weight excluding hydrogens is 487 g/mol. The first kappa shape index (κ1) is 24.8. The molecule has 0 spiro atoms. The van der Waals surface area contributed by atoms with Crippen LogP contribution in [0.25, 0.3) is 0 Å². The van der Waals surface area contributed by atoms with Crippen molar-refractivity contribution in [1.29, 1.82) is 0 Å². The van der Waals surface area contributed by atoms with Crippen LogP contribution in [-0.2, 0) is 11.3 Å². The van der Waals surface area contributed by atoms with Gasteiger partial charge in [-0.3, -0.25) is 9.79 Å². The van der Waals surface area contributed by atoms with Crippen LogP contribution in [0.5, 0.6) is 5.75 Å². The zero-order valence-electron chi connectivity index (χ0n) is 16.5. The topological polar surface area (TPSA) is 108 Å². The molecule has 2 aromatic rings. The molecule has 4 N–H and O–H groups in total. The number of halogens is 1. The summed E-state index contributed by atoms with van der Waals surface area (Å²) in [6.45, 7) is 5.45. The normalized spacial score (nSPS) is 10.9. The highest BCUT2D eigenvalue weighted by molar-refractivity contribution is 14.0. The molecule has 0 unspecified atom stereocenters. The summed E-state index contributed by atoms with van der Waals surface area (Å²) in [5, 5.41) is 18.4.